The van der Waals surface area contributed by atoms with Crippen LogP contribution in [0.4, 0.5) is 0 Å². The molecule has 0 saturated heterocycles. The SMILES string of the molecule is CCCCOc1cc(OCCCN)cc(-c2cc(-c3cc(OCCCN)cc(OCCCN)c3)cc(-c3cc4ccccc4[nH]3)c2)c1. The second-order valence-electron chi connectivity index (χ2n) is 11.6. The van der Waals surface area contributed by atoms with Gasteiger partial charge in [0.05, 0.1) is 26.4 Å². The lowest BCUT2D eigenvalue weighted by atomic mass is 9.94. The molecule has 0 saturated carbocycles. The van der Waals surface area contributed by atoms with Crippen LogP contribution < -0.4 is 36.1 Å². The first-order valence-electron chi connectivity index (χ1n) is 16.8. The van der Waals surface area contributed by atoms with Crippen molar-refractivity contribution in [2.45, 2.75) is 39.0 Å². The molecule has 0 atom stereocenters. The molecule has 0 aliphatic rings. The number of aromatic nitrogens is 1. The molecule has 0 radical (unpaired) electrons. The Balaban J connectivity index is 1.63. The Morgan fingerprint density at radius 1 is 0.489 bits per heavy atom. The second kappa shape index (κ2) is 17.4. The summed E-state index contributed by atoms with van der Waals surface area (Å²) in [7, 11) is 0. The van der Waals surface area contributed by atoms with E-state index in [0.717, 1.165) is 99.5 Å². The van der Waals surface area contributed by atoms with E-state index in [2.05, 4.69) is 78.6 Å². The lowest BCUT2D eigenvalue weighted by Gasteiger charge is -2.16. The minimum atomic E-state index is 0.528. The molecule has 47 heavy (non-hydrogen) atoms. The first-order chi connectivity index (χ1) is 23.1. The molecule has 0 aliphatic carbocycles. The molecule has 8 heteroatoms. The van der Waals surface area contributed by atoms with Crippen molar-refractivity contribution in [3.05, 3.63) is 84.9 Å². The number of H-pyrrole nitrogens is 1. The van der Waals surface area contributed by atoms with Gasteiger partial charge in [0.2, 0.25) is 0 Å². The van der Waals surface area contributed by atoms with Gasteiger partial charge in [-0.25, -0.2) is 0 Å². The van der Waals surface area contributed by atoms with E-state index < -0.39 is 0 Å². The van der Waals surface area contributed by atoms with Gasteiger partial charge < -0.3 is 41.1 Å². The van der Waals surface area contributed by atoms with Crippen molar-refractivity contribution in [1.29, 1.82) is 0 Å². The maximum absolute atomic E-state index is 6.19. The van der Waals surface area contributed by atoms with Gasteiger partial charge in [-0.3, -0.25) is 0 Å². The van der Waals surface area contributed by atoms with E-state index in [0.29, 0.717) is 46.1 Å². The maximum Gasteiger partial charge on any atom is 0.123 e. The standard InChI is InChI=1S/C39H48N4O4/c1-2-3-14-44-34-21-31(22-35(26-34)45-15-6-11-40)29-18-30(20-33(19-29)39-25-28-9-4-5-10-38(28)43-39)32-23-36(46-16-7-12-41)27-37(24-32)47-17-8-13-42/h4-5,9-10,18-27,43H,2-3,6-8,11-17,40-42H2,1H3. The average Bonchev–Trinajstić information content (AvgIpc) is 3.53. The van der Waals surface area contributed by atoms with Crippen LogP contribution in [0.25, 0.3) is 44.4 Å². The molecule has 0 spiro atoms. The summed E-state index contributed by atoms with van der Waals surface area (Å²) in [5.41, 5.74) is 24.4. The number of nitrogens with one attached hydrogen (secondary N) is 1. The third-order valence-electron chi connectivity index (χ3n) is 7.82. The van der Waals surface area contributed by atoms with Crippen LogP contribution in [-0.2, 0) is 0 Å². The Morgan fingerprint density at radius 3 is 1.36 bits per heavy atom. The molecule has 5 aromatic rings. The van der Waals surface area contributed by atoms with Gasteiger partial charge >= 0.3 is 0 Å². The van der Waals surface area contributed by atoms with Gasteiger partial charge in [-0.2, -0.15) is 0 Å². The van der Waals surface area contributed by atoms with Crippen molar-refractivity contribution in [3.63, 3.8) is 0 Å². The van der Waals surface area contributed by atoms with E-state index in [1.165, 1.54) is 0 Å². The quantitative estimate of drug-likeness (QED) is 0.0689. The first kappa shape index (κ1) is 33.9. The Kier molecular flexibility index (Phi) is 12.6. The van der Waals surface area contributed by atoms with Crippen LogP contribution in [0.3, 0.4) is 0 Å². The summed E-state index contributed by atoms with van der Waals surface area (Å²) in [6, 6.07) is 29.3. The van der Waals surface area contributed by atoms with E-state index in [9.17, 15) is 0 Å². The highest BCUT2D eigenvalue weighted by atomic mass is 16.5. The summed E-state index contributed by atoms with van der Waals surface area (Å²) >= 11 is 0. The minimum Gasteiger partial charge on any atom is -0.493 e. The fourth-order valence-electron chi connectivity index (χ4n) is 5.31. The molecule has 0 aliphatic heterocycles. The van der Waals surface area contributed by atoms with E-state index in [1.54, 1.807) is 0 Å². The molecule has 0 bridgehead atoms. The van der Waals surface area contributed by atoms with Crippen LogP contribution in [0.1, 0.15) is 39.0 Å². The van der Waals surface area contributed by atoms with E-state index >= 15 is 0 Å². The number of para-hydroxylation sites is 1. The second-order valence-corrected chi connectivity index (χ2v) is 11.6. The van der Waals surface area contributed by atoms with Gasteiger partial charge in [0, 0.05) is 28.7 Å². The fourth-order valence-corrected chi connectivity index (χ4v) is 5.31. The predicted octanol–water partition coefficient (Wildman–Crippen LogP) is 7.53. The molecule has 8 nitrogen and oxygen atoms in total. The molecule has 7 N–H and O–H groups in total. The molecule has 0 fully saturated rings. The monoisotopic (exact) mass is 636 g/mol. The number of ether oxygens (including phenoxy) is 4. The smallest absolute Gasteiger partial charge is 0.123 e. The number of hydrogen-bond acceptors (Lipinski definition) is 7. The van der Waals surface area contributed by atoms with Gasteiger partial charge in [0.15, 0.2) is 0 Å². The van der Waals surface area contributed by atoms with Gasteiger partial charge in [-0.1, -0.05) is 31.5 Å². The number of benzene rings is 4. The third kappa shape index (κ3) is 9.51. The normalized spacial score (nSPS) is 11.1. The first-order valence-corrected chi connectivity index (χ1v) is 16.8. The van der Waals surface area contributed by atoms with Crippen molar-refractivity contribution < 1.29 is 18.9 Å². The number of unbranched alkanes of at least 4 members (excludes halogenated alkanes) is 1. The van der Waals surface area contributed by atoms with Crippen LogP contribution in [0.15, 0.2) is 84.9 Å². The predicted molar refractivity (Wildman–Crippen MR) is 193 cm³/mol. The van der Waals surface area contributed by atoms with Crippen molar-refractivity contribution in [3.8, 4) is 56.5 Å². The van der Waals surface area contributed by atoms with Crippen molar-refractivity contribution >= 4 is 10.9 Å². The van der Waals surface area contributed by atoms with Crippen molar-refractivity contribution in [2.75, 3.05) is 46.1 Å². The lowest BCUT2D eigenvalue weighted by Crippen LogP contribution is -2.07. The summed E-state index contributed by atoms with van der Waals surface area (Å²) < 4.78 is 24.6. The van der Waals surface area contributed by atoms with Crippen LogP contribution >= 0.6 is 0 Å². The number of rotatable bonds is 19. The summed E-state index contributed by atoms with van der Waals surface area (Å²) in [5.74, 6) is 3.00. The number of aromatic amines is 1. The van der Waals surface area contributed by atoms with Crippen molar-refractivity contribution in [2.24, 2.45) is 17.2 Å². The third-order valence-corrected chi connectivity index (χ3v) is 7.82. The largest absolute Gasteiger partial charge is 0.493 e. The zero-order valence-corrected chi connectivity index (χ0v) is 27.4. The molecule has 0 amide bonds. The molecule has 0 unspecified atom stereocenters. The summed E-state index contributed by atoms with van der Waals surface area (Å²) in [4.78, 5) is 3.62. The zero-order chi connectivity index (χ0) is 32.8. The molecule has 1 aromatic heterocycles. The lowest BCUT2D eigenvalue weighted by molar-refractivity contribution is 0.296. The highest BCUT2D eigenvalue weighted by Gasteiger charge is 2.14. The molecule has 5 rings (SSSR count). The van der Waals surface area contributed by atoms with Crippen LogP contribution in [0.2, 0.25) is 0 Å². The maximum atomic E-state index is 6.19. The topological polar surface area (TPSA) is 131 Å². The molecule has 4 aromatic carbocycles. The fraction of sp³-hybridized carbons (Fsp3) is 0.333. The van der Waals surface area contributed by atoms with Gasteiger partial charge in [-0.05, 0) is 128 Å². The van der Waals surface area contributed by atoms with Crippen LogP contribution in [0.5, 0.6) is 23.0 Å². The zero-order valence-electron chi connectivity index (χ0n) is 27.4. The van der Waals surface area contributed by atoms with E-state index in [4.69, 9.17) is 36.1 Å². The minimum absolute atomic E-state index is 0.528. The van der Waals surface area contributed by atoms with Gasteiger partial charge in [-0.15, -0.1) is 0 Å². The highest BCUT2D eigenvalue weighted by molar-refractivity contribution is 5.88. The number of fused-ring (bicyclic) bond motifs is 1. The van der Waals surface area contributed by atoms with Crippen LogP contribution in [0, 0.1) is 0 Å². The summed E-state index contributed by atoms with van der Waals surface area (Å²) in [6.07, 6.45) is 4.34. The van der Waals surface area contributed by atoms with Gasteiger partial charge in [0.1, 0.15) is 23.0 Å². The Morgan fingerprint density at radius 2 is 0.915 bits per heavy atom. The van der Waals surface area contributed by atoms with Crippen molar-refractivity contribution in [1.82, 2.24) is 4.98 Å². The molecular formula is C39H48N4O4. The average molecular weight is 637 g/mol. The number of nitrogens with two attached hydrogens (primary N) is 3. The summed E-state index contributed by atoms with van der Waals surface area (Å²) in [6.45, 7) is 6.10. The number of hydrogen-bond donors (Lipinski definition) is 4. The van der Waals surface area contributed by atoms with Crippen LogP contribution in [-0.4, -0.2) is 51.0 Å². The van der Waals surface area contributed by atoms with E-state index in [-0.39, 0.29) is 0 Å². The highest BCUT2D eigenvalue weighted by Crippen LogP contribution is 2.38. The van der Waals surface area contributed by atoms with Gasteiger partial charge in [0.25, 0.3) is 0 Å². The molecular weight excluding hydrogens is 588 g/mol. The Bertz CT molecular complexity index is 1540. The van der Waals surface area contributed by atoms with E-state index in [1.807, 2.05) is 18.2 Å². The molecule has 1 heterocycles. The Hall–Kier alpha value is -4.50. The molecule has 248 valence electrons. The summed E-state index contributed by atoms with van der Waals surface area (Å²) in [5, 5.41) is 1.15. The Labute approximate surface area is 278 Å².